The first-order valence-corrected chi connectivity index (χ1v) is 12.6. The summed E-state index contributed by atoms with van der Waals surface area (Å²) < 4.78 is 6.80. The number of anilines is 2. The van der Waals surface area contributed by atoms with Crippen LogP contribution in [0.4, 0.5) is 16.3 Å². The molecule has 0 aliphatic rings. The lowest BCUT2D eigenvalue weighted by Gasteiger charge is -2.26. The molecule has 3 aromatic carbocycles. The summed E-state index contributed by atoms with van der Waals surface area (Å²) >= 11 is 12.4. The second-order valence-corrected chi connectivity index (χ2v) is 9.54. The van der Waals surface area contributed by atoms with Crippen LogP contribution in [-0.2, 0) is 4.79 Å². The number of ether oxygens (including phenoxy) is 1. The van der Waals surface area contributed by atoms with Gasteiger partial charge in [-0.3, -0.25) is 4.79 Å². The lowest BCUT2D eigenvalue weighted by molar-refractivity contribution is -0.117. The number of carbonyl (C=O) groups excluding carboxylic acids is 2. The minimum Gasteiger partial charge on any atom is -0.497 e. The van der Waals surface area contributed by atoms with Crippen molar-refractivity contribution in [2.24, 2.45) is 0 Å². The van der Waals surface area contributed by atoms with Gasteiger partial charge >= 0.3 is 6.03 Å². The molecule has 4 aromatic rings. The van der Waals surface area contributed by atoms with Crippen molar-refractivity contribution in [3.05, 3.63) is 88.9 Å². The minimum absolute atomic E-state index is 0.180. The second-order valence-electron chi connectivity index (χ2n) is 8.72. The Balaban J connectivity index is 1.57. The molecule has 0 unspecified atom stereocenters. The highest BCUT2D eigenvalue weighted by atomic mass is 35.5. The van der Waals surface area contributed by atoms with E-state index < -0.39 is 6.03 Å². The van der Waals surface area contributed by atoms with Gasteiger partial charge in [0.15, 0.2) is 0 Å². The number of carbonyl (C=O) groups is 2. The summed E-state index contributed by atoms with van der Waals surface area (Å²) in [5.41, 5.74) is 2.71. The van der Waals surface area contributed by atoms with Crippen molar-refractivity contribution in [3.8, 4) is 22.7 Å². The highest BCUT2D eigenvalue weighted by molar-refractivity contribution is 6.42. The van der Waals surface area contributed by atoms with Crippen LogP contribution in [0.5, 0.6) is 5.75 Å². The van der Waals surface area contributed by atoms with Gasteiger partial charge in [-0.15, -0.1) is 0 Å². The summed E-state index contributed by atoms with van der Waals surface area (Å²) in [6.45, 7) is 3.50. The van der Waals surface area contributed by atoms with Crippen LogP contribution in [0, 0.1) is 0 Å². The fraction of sp³-hybridized carbons (Fsp3) is 0.179. The summed E-state index contributed by atoms with van der Waals surface area (Å²) in [5.74, 6) is 0.644. The van der Waals surface area contributed by atoms with Gasteiger partial charge < -0.3 is 20.3 Å². The van der Waals surface area contributed by atoms with Gasteiger partial charge in [0.1, 0.15) is 18.1 Å². The number of urea groups is 1. The van der Waals surface area contributed by atoms with Crippen LogP contribution >= 0.6 is 23.2 Å². The van der Waals surface area contributed by atoms with E-state index in [0.29, 0.717) is 38.7 Å². The molecule has 38 heavy (non-hydrogen) atoms. The zero-order valence-corrected chi connectivity index (χ0v) is 22.6. The molecule has 0 aliphatic carbocycles. The number of rotatable bonds is 8. The maximum absolute atomic E-state index is 13.2. The van der Waals surface area contributed by atoms with E-state index in [1.165, 1.54) is 4.90 Å². The molecule has 0 radical (unpaired) electrons. The molecular weight excluding hydrogens is 525 g/mol. The van der Waals surface area contributed by atoms with E-state index in [1.807, 2.05) is 44.2 Å². The SMILES string of the molecule is COc1cccc(NC(=O)N(CC(=O)Nc2cc(-c3ccccc3)nn2-c2ccc(Cl)c(Cl)c2)C(C)C)c1. The van der Waals surface area contributed by atoms with Gasteiger partial charge in [0, 0.05) is 29.4 Å². The Morgan fingerprint density at radius 3 is 2.39 bits per heavy atom. The molecular formula is C28H27Cl2N5O3. The molecule has 0 saturated heterocycles. The number of hydrogen-bond acceptors (Lipinski definition) is 4. The van der Waals surface area contributed by atoms with Crippen molar-refractivity contribution in [1.82, 2.24) is 14.7 Å². The molecule has 0 aliphatic heterocycles. The average Bonchev–Trinajstić information content (AvgIpc) is 3.32. The number of nitrogens with zero attached hydrogens (tertiary/aromatic N) is 3. The number of aromatic nitrogens is 2. The molecule has 0 saturated carbocycles. The molecule has 10 heteroatoms. The smallest absolute Gasteiger partial charge is 0.322 e. The molecule has 196 valence electrons. The van der Waals surface area contributed by atoms with Crippen LogP contribution in [0.2, 0.25) is 10.0 Å². The number of nitrogens with one attached hydrogen (secondary N) is 2. The van der Waals surface area contributed by atoms with Crippen molar-refractivity contribution in [2.75, 3.05) is 24.3 Å². The summed E-state index contributed by atoms with van der Waals surface area (Å²) in [7, 11) is 1.55. The fourth-order valence-electron chi connectivity index (χ4n) is 3.76. The molecule has 2 N–H and O–H groups in total. The van der Waals surface area contributed by atoms with Crippen LogP contribution < -0.4 is 15.4 Å². The predicted molar refractivity (Wildman–Crippen MR) is 152 cm³/mol. The Morgan fingerprint density at radius 2 is 1.71 bits per heavy atom. The molecule has 0 atom stereocenters. The Bertz CT molecular complexity index is 1440. The second kappa shape index (κ2) is 12.0. The van der Waals surface area contributed by atoms with E-state index in [0.717, 1.165) is 5.56 Å². The zero-order valence-electron chi connectivity index (χ0n) is 21.1. The molecule has 1 aromatic heterocycles. The quantitative estimate of drug-likeness (QED) is 0.254. The highest BCUT2D eigenvalue weighted by Crippen LogP contribution is 2.29. The first kappa shape index (κ1) is 27.0. The maximum Gasteiger partial charge on any atom is 0.322 e. The normalized spacial score (nSPS) is 10.8. The van der Waals surface area contributed by atoms with Gasteiger partial charge in [-0.2, -0.15) is 5.10 Å². The predicted octanol–water partition coefficient (Wildman–Crippen LogP) is 6.74. The van der Waals surface area contributed by atoms with Crippen molar-refractivity contribution in [3.63, 3.8) is 0 Å². The minimum atomic E-state index is -0.411. The van der Waals surface area contributed by atoms with E-state index in [4.69, 9.17) is 33.0 Å². The summed E-state index contributed by atoms with van der Waals surface area (Å²) in [5, 5.41) is 11.2. The molecule has 3 amide bonds. The van der Waals surface area contributed by atoms with Gasteiger partial charge in [-0.25, -0.2) is 9.48 Å². The fourth-order valence-corrected chi connectivity index (χ4v) is 4.05. The van der Waals surface area contributed by atoms with Gasteiger partial charge in [-0.05, 0) is 44.2 Å². The number of halogens is 2. The monoisotopic (exact) mass is 551 g/mol. The lowest BCUT2D eigenvalue weighted by atomic mass is 10.1. The molecule has 0 fully saturated rings. The van der Waals surface area contributed by atoms with E-state index in [1.54, 1.807) is 60.3 Å². The molecule has 0 spiro atoms. The summed E-state index contributed by atoms with van der Waals surface area (Å²) in [6.07, 6.45) is 0. The molecule has 8 nitrogen and oxygen atoms in total. The number of benzene rings is 3. The van der Waals surface area contributed by atoms with Crippen molar-refractivity contribution in [1.29, 1.82) is 0 Å². The first-order valence-electron chi connectivity index (χ1n) is 11.9. The number of amides is 3. The maximum atomic E-state index is 13.2. The van der Waals surface area contributed by atoms with Gasteiger partial charge in [0.2, 0.25) is 5.91 Å². The standard InChI is InChI=1S/C28H27Cl2N5O3/c1-18(2)34(28(37)31-20-10-7-11-22(14-20)38-3)17-27(36)32-26-16-25(19-8-5-4-6-9-19)33-35(26)21-12-13-23(29)24(30)15-21/h4-16,18H,17H2,1-3H3,(H,31,37)(H,32,36). The summed E-state index contributed by atoms with van der Waals surface area (Å²) in [6, 6.07) is 22.8. The van der Waals surface area contributed by atoms with Gasteiger partial charge in [0.05, 0.1) is 28.5 Å². The van der Waals surface area contributed by atoms with Crippen LogP contribution in [0.1, 0.15) is 13.8 Å². The van der Waals surface area contributed by atoms with Gasteiger partial charge in [-0.1, -0.05) is 59.6 Å². The Morgan fingerprint density at radius 1 is 0.947 bits per heavy atom. The van der Waals surface area contributed by atoms with Crippen molar-refractivity contribution >= 4 is 46.6 Å². The third-order valence-corrected chi connectivity index (χ3v) is 6.45. The number of hydrogen-bond donors (Lipinski definition) is 2. The van der Waals surface area contributed by atoms with Crippen molar-refractivity contribution in [2.45, 2.75) is 19.9 Å². The van der Waals surface area contributed by atoms with Crippen LogP contribution in [-0.4, -0.2) is 46.3 Å². The third kappa shape index (κ3) is 6.45. The summed E-state index contributed by atoms with van der Waals surface area (Å²) in [4.78, 5) is 27.7. The highest BCUT2D eigenvalue weighted by Gasteiger charge is 2.22. The van der Waals surface area contributed by atoms with Crippen LogP contribution in [0.15, 0.2) is 78.9 Å². The van der Waals surface area contributed by atoms with Crippen LogP contribution in [0.3, 0.4) is 0 Å². The Labute approximate surface area is 231 Å². The molecule has 4 rings (SSSR count). The zero-order chi connectivity index (χ0) is 27.2. The van der Waals surface area contributed by atoms with E-state index in [-0.39, 0.29) is 18.5 Å². The largest absolute Gasteiger partial charge is 0.497 e. The van der Waals surface area contributed by atoms with E-state index in [2.05, 4.69) is 10.6 Å². The van der Waals surface area contributed by atoms with Crippen LogP contribution in [0.25, 0.3) is 16.9 Å². The topological polar surface area (TPSA) is 88.5 Å². The lowest BCUT2D eigenvalue weighted by Crippen LogP contribution is -2.44. The Hall–Kier alpha value is -4.01. The number of methoxy groups -OCH3 is 1. The molecule has 1 heterocycles. The van der Waals surface area contributed by atoms with E-state index >= 15 is 0 Å². The third-order valence-electron chi connectivity index (χ3n) is 5.71. The average molecular weight is 552 g/mol. The Kier molecular flexibility index (Phi) is 8.55. The van der Waals surface area contributed by atoms with E-state index in [9.17, 15) is 9.59 Å². The molecule has 0 bridgehead atoms. The van der Waals surface area contributed by atoms with Crippen molar-refractivity contribution < 1.29 is 14.3 Å². The van der Waals surface area contributed by atoms with Gasteiger partial charge in [0.25, 0.3) is 0 Å². The first-order chi connectivity index (χ1) is 18.2.